The largest absolute Gasteiger partial charge is 0.294 e. The number of hydrogen-bond donors (Lipinski definition) is 0. The summed E-state index contributed by atoms with van der Waals surface area (Å²) < 4.78 is 1.67. The standard InChI is InChI=1S/C18H14N4O/c1-12-3-2-4-13(9-12)14-10-21-22(11-14)18-17-15(5-7-20-18)16(23)6-8-19-17/h2-5,7-11H,6H2,1H3. The van der Waals surface area contributed by atoms with Crippen LogP contribution in [0.1, 0.15) is 22.3 Å². The zero-order valence-corrected chi connectivity index (χ0v) is 12.6. The molecule has 4 rings (SSSR count). The molecule has 0 unspecified atom stereocenters. The van der Waals surface area contributed by atoms with Crippen molar-refractivity contribution in [3.63, 3.8) is 0 Å². The van der Waals surface area contributed by atoms with Crippen molar-refractivity contribution in [2.45, 2.75) is 13.3 Å². The molecule has 1 aromatic carbocycles. The molecule has 3 heterocycles. The fourth-order valence-corrected chi connectivity index (χ4v) is 2.71. The lowest BCUT2D eigenvalue weighted by molar-refractivity contribution is 0.100. The molecule has 0 spiro atoms. The summed E-state index contributed by atoms with van der Waals surface area (Å²) in [7, 11) is 0. The predicted octanol–water partition coefficient (Wildman–Crippen LogP) is 3.53. The Kier molecular flexibility index (Phi) is 3.12. The topological polar surface area (TPSA) is 60.1 Å². The summed E-state index contributed by atoms with van der Waals surface area (Å²) in [6.07, 6.45) is 7.29. The highest BCUT2D eigenvalue weighted by molar-refractivity contribution is 6.10. The van der Waals surface area contributed by atoms with Gasteiger partial charge in [0.25, 0.3) is 0 Å². The lowest BCUT2D eigenvalue weighted by Crippen LogP contribution is -2.08. The molecule has 5 heteroatoms. The number of aryl methyl sites for hydroxylation is 1. The Morgan fingerprint density at radius 1 is 1.17 bits per heavy atom. The third-order valence-electron chi connectivity index (χ3n) is 3.85. The van der Waals surface area contributed by atoms with Gasteiger partial charge in [-0.2, -0.15) is 5.10 Å². The summed E-state index contributed by atoms with van der Waals surface area (Å²) >= 11 is 0. The maximum Gasteiger partial charge on any atom is 0.180 e. The quantitative estimate of drug-likeness (QED) is 0.727. The van der Waals surface area contributed by atoms with Crippen LogP contribution in [-0.4, -0.2) is 26.8 Å². The fourth-order valence-electron chi connectivity index (χ4n) is 2.71. The highest BCUT2D eigenvalue weighted by Crippen LogP contribution is 2.30. The van der Waals surface area contributed by atoms with Crippen LogP contribution in [0, 0.1) is 6.92 Å². The van der Waals surface area contributed by atoms with E-state index in [1.165, 1.54) is 5.56 Å². The molecule has 0 N–H and O–H groups in total. The second kappa shape index (κ2) is 5.28. The molecule has 0 saturated heterocycles. The van der Waals surface area contributed by atoms with Gasteiger partial charge in [0.1, 0.15) is 5.69 Å². The third-order valence-corrected chi connectivity index (χ3v) is 3.85. The van der Waals surface area contributed by atoms with E-state index in [1.807, 2.05) is 18.3 Å². The maximum atomic E-state index is 12.0. The van der Waals surface area contributed by atoms with Crippen molar-refractivity contribution >= 4 is 17.7 Å². The van der Waals surface area contributed by atoms with Crippen LogP contribution in [0.5, 0.6) is 0 Å². The number of Topliss-reactive ketones (excluding diaryl/α,β-unsaturated/α-hetero) is 1. The van der Waals surface area contributed by atoms with Crippen LogP contribution >= 0.6 is 0 Å². The molecule has 0 radical (unpaired) electrons. The first-order valence-electron chi connectivity index (χ1n) is 7.39. The fraction of sp³-hybridized carbons (Fsp3) is 0.111. The smallest absolute Gasteiger partial charge is 0.180 e. The molecule has 1 aliphatic rings. The zero-order chi connectivity index (χ0) is 15.8. The highest BCUT2D eigenvalue weighted by Gasteiger charge is 2.19. The first-order valence-corrected chi connectivity index (χ1v) is 7.39. The van der Waals surface area contributed by atoms with Crippen molar-refractivity contribution in [1.29, 1.82) is 0 Å². The van der Waals surface area contributed by atoms with Crippen LogP contribution < -0.4 is 0 Å². The first-order chi connectivity index (χ1) is 11.2. The molecule has 3 aromatic rings. The molecule has 112 valence electrons. The van der Waals surface area contributed by atoms with Crippen molar-refractivity contribution in [2.24, 2.45) is 4.99 Å². The van der Waals surface area contributed by atoms with Gasteiger partial charge in [-0.25, -0.2) is 9.67 Å². The summed E-state index contributed by atoms with van der Waals surface area (Å²) in [6.45, 7) is 2.06. The Bertz CT molecular complexity index is 940. The van der Waals surface area contributed by atoms with Crippen molar-refractivity contribution in [1.82, 2.24) is 14.8 Å². The van der Waals surface area contributed by atoms with Gasteiger partial charge in [0, 0.05) is 36.2 Å². The van der Waals surface area contributed by atoms with E-state index in [4.69, 9.17) is 0 Å². The lowest BCUT2D eigenvalue weighted by Gasteiger charge is -2.11. The van der Waals surface area contributed by atoms with E-state index in [1.54, 1.807) is 29.4 Å². The van der Waals surface area contributed by atoms with Gasteiger partial charge in [0.15, 0.2) is 11.6 Å². The third kappa shape index (κ3) is 2.36. The average molecular weight is 302 g/mol. The molecule has 1 aliphatic heterocycles. The van der Waals surface area contributed by atoms with Crippen LogP contribution in [0.4, 0.5) is 5.69 Å². The zero-order valence-electron chi connectivity index (χ0n) is 12.6. The van der Waals surface area contributed by atoms with E-state index in [9.17, 15) is 4.79 Å². The Balaban J connectivity index is 1.81. The molecule has 23 heavy (non-hydrogen) atoms. The molecular formula is C18H14N4O. The number of nitrogens with zero attached hydrogens (tertiary/aromatic N) is 4. The van der Waals surface area contributed by atoms with E-state index in [2.05, 4.69) is 34.1 Å². The number of carbonyl (C=O) groups excluding carboxylic acids is 1. The van der Waals surface area contributed by atoms with Crippen molar-refractivity contribution in [3.05, 3.63) is 60.0 Å². The number of fused-ring (bicyclic) bond motifs is 1. The van der Waals surface area contributed by atoms with Gasteiger partial charge in [-0.05, 0) is 18.6 Å². The molecule has 0 saturated carbocycles. The van der Waals surface area contributed by atoms with E-state index < -0.39 is 0 Å². The SMILES string of the molecule is Cc1cccc(-c2cnn(-c3nccc4c3N=CCC4=O)c2)c1. The van der Waals surface area contributed by atoms with Gasteiger partial charge < -0.3 is 0 Å². The molecule has 0 fully saturated rings. The van der Waals surface area contributed by atoms with Gasteiger partial charge >= 0.3 is 0 Å². The van der Waals surface area contributed by atoms with Gasteiger partial charge in [0.2, 0.25) is 0 Å². The minimum Gasteiger partial charge on any atom is -0.294 e. The van der Waals surface area contributed by atoms with Crippen molar-refractivity contribution < 1.29 is 4.79 Å². The summed E-state index contributed by atoms with van der Waals surface area (Å²) in [4.78, 5) is 20.7. The molecule has 0 amide bonds. The van der Waals surface area contributed by atoms with E-state index >= 15 is 0 Å². The van der Waals surface area contributed by atoms with Crippen molar-refractivity contribution in [2.75, 3.05) is 0 Å². The van der Waals surface area contributed by atoms with E-state index in [0.29, 0.717) is 23.5 Å². The number of rotatable bonds is 2. The second-order valence-electron chi connectivity index (χ2n) is 5.51. The Morgan fingerprint density at radius 2 is 2.09 bits per heavy atom. The Hall–Kier alpha value is -3.08. The molecule has 0 atom stereocenters. The summed E-state index contributed by atoms with van der Waals surface area (Å²) in [5.41, 5.74) is 4.48. The monoisotopic (exact) mass is 302 g/mol. The number of benzene rings is 1. The number of aromatic nitrogens is 3. The van der Waals surface area contributed by atoms with Crippen LogP contribution in [0.2, 0.25) is 0 Å². The minimum absolute atomic E-state index is 0.0599. The second-order valence-corrected chi connectivity index (χ2v) is 5.51. The number of aliphatic imine (C=N–C) groups is 1. The number of hydrogen-bond acceptors (Lipinski definition) is 4. The first kappa shape index (κ1) is 13.6. The molecular weight excluding hydrogens is 288 g/mol. The summed E-state index contributed by atoms with van der Waals surface area (Å²) in [5, 5.41) is 4.39. The van der Waals surface area contributed by atoms with Crippen LogP contribution in [0.15, 0.2) is 53.9 Å². The average Bonchev–Trinajstić information content (AvgIpc) is 3.05. The van der Waals surface area contributed by atoms with E-state index in [0.717, 1.165) is 11.1 Å². The molecule has 5 nitrogen and oxygen atoms in total. The molecule has 0 bridgehead atoms. The molecule has 2 aromatic heterocycles. The Labute approximate surface area is 133 Å². The normalized spacial score (nSPS) is 13.2. The van der Waals surface area contributed by atoms with Gasteiger partial charge in [-0.3, -0.25) is 9.79 Å². The summed E-state index contributed by atoms with van der Waals surface area (Å²) in [6, 6.07) is 9.94. The van der Waals surface area contributed by atoms with Crippen LogP contribution in [0.25, 0.3) is 16.9 Å². The number of pyridine rings is 1. The van der Waals surface area contributed by atoms with Crippen LogP contribution in [-0.2, 0) is 0 Å². The number of ketones is 1. The van der Waals surface area contributed by atoms with Gasteiger partial charge in [-0.15, -0.1) is 0 Å². The number of carbonyl (C=O) groups is 1. The Morgan fingerprint density at radius 3 is 2.96 bits per heavy atom. The molecule has 0 aliphatic carbocycles. The van der Waals surface area contributed by atoms with E-state index in [-0.39, 0.29) is 5.78 Å². The lowest BCUT2D eigenvalue weighted by atomic mass is 10.1. The minimum atomic E-state index is 0.0599. The summed E-state index contributed by atoms with van der Waals surface area (Å²) in [5.74, 6) is 0.635. The highest BCUT2D eigenvalue weighted by atomic mass is 16.1. The van der Waals surface area contributed by atoms with Gasteiger partial charge in [0.05, 0.1) is 6.20 Å². The predicted molar refractivity (Wildman–Crippen MR) is 88.6 cm³/mol. The van der Waals surface area contributed by atoms with Gasteiger partial charge in [-0.1, -0.05) is 29.8 Å². The van der Waals surface area contributed by atoms with Crippen molar-refractivity contribution in [3.8, 4) is 16.9 Å². The maximum absolute atomic E-state index is 12.0. The van der Waals surface area contributed by atoms with Crippen LogP contribution in [0.3, 0.4) is 0 Å².